The number of aromatic nitrogens is 2. The highest BCUT2D eigenvalue weighted by molar-refractivity contribution is 5.67. The molecule has 0 radical (unpaired) electrons. The molecule has 118 valence electrons. The Bertz CT molecular complexity index is 463. The summed E-state index contributed by atoms with van der Waals surface area (Å²) in [4.78, 5) is 11.1. The van der Waals surface area contributed by atoms with Crippen LogP contribution in [-0.2, 0) is 4.74 Å². The number of nitrogens with zero attached hydrogens (tertiary/aromatic N) is 3. The number of nitrogens with two attached hydrogens (primary N) is 1. The first kappa shape index (κ1) is 15.8. The van der Waals surface area contributed by atoms with E-state index in [4.69, 9.17) is 15.2 Å². The summed E-state index contributed by atoms with van der Waals surface area (Å²) in [5.41, 5.74) is 6.57. The summed E-state index contributed by atoms with van der Waals surface area (Å²) in [7, 11) is 5.69. The van der Waals surface area contributed by atoms with Crippen molar-refractivity contribution in [3.63, 3.8) is 0 Å². The molecule has 0 spiro atoms. The minimum atomic E-state index is 0.430. The highest BCUT2D eigenvalue weighted by Gasteiger charge is 2.28. The van der Waals surface area contributed by atoms with E-state index in [9.17, 15) is 0 Å². The van der Waals surface area contributed by atoms with Gasteiger partial charge in [-0.3, -0.25) is 0 Å². The fraction of sp³-hybridized carbons (Fsp3) is 0.714. The van der Waals surface area contributed by atoms with Gasteiger partial charge in [-0.15, -0.1) is 0 Å². The number of hydrogen-bond donors (Lipinski definition) is 2. The van der Waals surface area contributed by atoms with Crippen molar-refractivity contribution in [2.24, 2.45) is 0 Å². The predicted octanol–water partition coefficient (Wildman–Crippen LogP) is 0.935. The van der Waals surface area contributed by atoms with Crippen molar-refractivity contribution < 1.29 is 9.47 Å². The minimum absolute atomic E-state index is 0.430. The molecule has 0 aromatic carbocycles. The van der Waals surface area contributed by atoms with Gasteiger partial charge in [0, 0.05) is 26.1 Å². The number of nitrogens with one attached hydrogen (secondary N) is 1. The maximum Gasteiger partial charge on any atom is 0.242 e. The highest BCUT2D eigenvalue weighted by atomic mass is 16.5. The van der Waals surface area contributed by atoms with Gasteiger partial charge in [-0.2, -0.15) is 4.98 Å². The molecule has 1 saturated carbocycles. The Morgan fingerprint density at radius 3 is 2.67 bits per heavy atom. The molecule has 0 bridgehead atoms. The van der Waals surface area contributed by atoms with Crippen LogP contribution in [0.25, 0.3) is 0 Å². The largest absolute Gasteiger partial charge is 0.474 e. The van der Waals surface area contributed by atoms with Crippen LogP contribution < -0.4 is 15.8 Å². The Labute approximate surface area is 125 Å². The first-order chi connectivity index (χ1) is 10.1. The fourth-order valence-electron chi connectivity index (χ4n) is 1.85. The van der Waals surface area contributed by atoms with E-state index in [1.807, 2.05) is 14.1 Å². The standard InChI is InChI=1S/C14H25N5O2/c1-19(2)7-6-16-13-11(15)14(21-9-8-20-3)18-12(17-13)10-4-5-10/h10H,4-9,15H2,1-3H3,(H,16,17,18). The topological polar surface area (TPSA) is 85.5 Å². The summed E-state index contributed by atoms with van der Waals surface area (Å²) in [6, 6.07) is 0. The SMILES string of the molecule is COCCOc1nc(C2CC2)nc(NCCN(C)C)c1N. The summed E-state index contributed by atoms with van der Waals surface area (Å²) in [6.45, 7) is 2.61. The number of hydrogen-bond acceptors (Lipinski definition) is 7. The molecule has 21 heavy (non-hydrogen) atoms. The second-order valence-electron chi connectivity index (χ2n) is 5.49. The molecule has 0 amide bonds. The van der Waals surface area contributed by atoms with Crippen LogP contribution in [0.5, 0.6) is 5.88 Å². The van der Waals surface area contributed by atoms with Crippen LogP contribution in [0.15, 0.2) is 0 Å². The third-order valence-electron chi connectivity index (χ3n) is 3.25. The van der Waals surface area contributed by atoms with Gasteiger partial charge in [-0.1, -0.05) is 0 Å². The van der Waals surface area contributed by atoms with Crippen molar-refractivity contribution in [1.82, 2.24) is 14.9 Å². The van der Waals surface area contributed by atoms with E-state index in [1.54, 1.807) is 7.11 Å². The maximum atomic E-state index is 6.10. The second kappa shape index (κ2) is 7.42. The number of nitrogen functional groups attached to an aromatic ring is 1. The van der Waals surface area contributed by atoms with Crippen LogP contribution in [-0.4, -0.2) is 62.4 Å². The van der Waals surface area contributed by atoms with Crippen molar-refractivity contribution in [3.8, 4) is 5.88 Å². The van der Waals surface area contributed by atoms with Crippen LogP contribution in [0, 0.1) is 0 Å². The van der Waals surface area contributed by atoms with E-state index in [0.29, 0.717) is 36.5 Å². The minimum Gasteiger partial charge on any atom is -0.474 e. The van der Waals surface area contributed by atoms with E-state index in [0.717, 1.165) is 31.8 Å². The molecule has 0 atom stereocenters. The van der Waals surface area contributed by atoms with Gasteiger partial charge in [-0.25, -0.2) is 4.98 Å². The van der Waals surface area contributed by atoms with E-state index < -0.39 is 0 Å². The van der Waals surface area contributed by atoms with Crippen LogP contribution in [0.3, 0.4) is 0 Å². The Balaban J connectivity index is 2.09. The lowest BCUT2D eigenvalue weighted by Crippen LogP contribution is -2.22. The van der Waals surface area contributed by atoms with Crippen molar-refractivity contribution in [3.05, 3.63) is 5.82 Å². The number of methoxy groups -OCH3 is 1. The van der Waals surface area contributed by atoms with Gasteiger partial charge >= 0.3 is 0 Å². The zero-order valence-electron chi connectivity index (χ0n) is 13.1. The molecule has 1 fully saturated rings. The molecule has 3 N–H and O–H groups in total. The molecule has 0 saturated heterocycles. The lowest BCUT2D eigenvalue weighted by atomic mass is 10.3. The van der Waals surface area contributed by atoms with Crippen LogP contribution in [0.4, 0.5) is 11.5 Å². The number of rotatable bonds is 9. The molecule has 1 aliphatic carbocycles. The molecule has 1 aromatic rings. The Morgan fingerprint density at radius 1 is 1.29 bits per heavy atom. The van der Waals surface area contributed by atoms with Gasteiger partial charge in [0.15, 0.2) is 5.82 Å². The Morgan fingerprint density at radius 2 is 2.05 bits per heavy atom. The third kappa shape index (κ3) is 4.71. The van der Waals surface area contributed by atoms with Crippen LogP contribution in [0.2, 0.25) is 0 Å². The summed E-state index contributed by atoms with van der Waals surface area (Å²) in [6.07, 6.45) is 2.27. The molecule has 7 nitrogen and oxygen atoms in total. The van der Waals surface area contributed by atoms with Gasteiger partial charge in [0.05, 0.1) is 6.61 Å². The van der Waals surface area contributed by atoms with Gasteiger partial charge in [0.2, 0.25) is 5.88 Å². The first-order valence-electron chi connectivity index (χ1n) is 7.29. The normalized spacial score (nSPS) is 14.5. The van der Waals surface area contributed by atoms with Gasteiger partial charge in [0.1, 0.15) is 18.1 Å². The van der Waals surface area contributed by atoms with Gasteiger partial charge in [0.25, 0.3) is 0 Å². The molecular weight excluding hydrogens is 270 g/mol. The summed E-state index contributed by atoms with van der Waals surface area (Å²) in [5, 5.41) is 3.27. The highest BCUT2D eigenvalue weighted by Crippen LogP contribution is 2.40. The molecule has 1 aromatic heterocycles. The molecule has 0 unspecified atom stereocenters. The lowest BCUT2D eigenvalue weighted by molar-refractivity contribution is 0.144. The van der Waals surface area contributed by atoms with E-state index >= 15 is 0 Å². The quantitative estimate of drug-likeness (QED) is 0.656. The first-order valence-corrected chi connectivity index (χ1v) is 7.29. The summed E-state index contributed by atoms with van der Waals surface area (Å²) < 4.78 is 10.6. The lowest BCUT2D eigenvalue weighted by Gasteiger charge is -2.15. The molecule has 2 rings (SSSR count). The summed E-state index contributed by atoms with van der Waals surface area (Å²) in [5.74, 6) is 2.39. The summed E-state index contributed by atoms with van der Waals surface area (Å²) >= 11 is 0. The molecule has 0 aliphatic heterocycles. The van der Waals surface area contributed by atoms with E-state index in [-0.39, 0.29) is 0 Å². The van der Waals surface area contributed by atoms with Crippen molar-refractivity contribution in [2.75, 3.05) is 58.6 Å². The van der Waals surface area contributed by atoms with Gasteiger partial charge < -0.3 is 25.4 Å². The third-order valence-corrected chi connectivity index (χ3v) is 3.25. The van der Waals surface area contributed by atoms with Crippen LogP contribution >= 0.6 is 0 Å². The molecular formula is C14H25N5O2. The number of likely N-dealkylation sites (N-methyl/N-ethyl adjacent to an activating group) is 1. The average Bonchev–Trinajstić information content (AvgIpc) is 3.26. The fourth-order valence-corrected chi connectivity index (χ4v) is 1.85. The molecule has 1 aliphatic rings. The van der Waals surface area contributed by atoms with E-state index in [1.165, 1.54) is 0 Å². The number of anilines is 2. The smallest absolute Gasteiger partial charge is 0.242 e. The molecule has 7 heteroatoms. The van der Waals surface area contributed by atoms with Crippen molar-refractivity contribution in [1.29, 1.82) is 0 Å². The van der Waals surface area contributed by atoms with Gasteiger partial charge in [-0.05, 0) is 26.9 Å². The van der Waals surface area contributed by atoms with Crippen LogP contribution in [0.1, 0.15) is 24.6 Å². The average molecular weight is 295 g/mol. The Hall–Kier alpha value is -1.60. The van der Waals surface area contributed by atoms with E-state index in [2.05, 4.69) is 20.2 Å². The maximum absolute atomic E-state index is 6.10. The monoisotopic (exact) mass is 295 g/mol. The zero-order chi connectivity index (χ0) is 15.2. The predicted molar refractivity (Wildman–Crippen MR) is 82.8 cm³/mol. The molecule has 1 heterocycles. The van der Waals surface area contributed by atoms with Crippen molar-refractivity contribution in [2.45, 2.75) is 18.8 Å². The second-order valence-corrected chi connectivity index (χ2v) is 5.49. The Kier molecular flexibility index (Phi) is 5.58. The number of ether oxygens (including phenoxy) is 2. The zero-order valence-corrected chi connectivity index (χ0v) is 13.1. The van der Waals surface area contributed by atoms with Crippen molar-refractivity contribution >= 4 is 11.5 Å².